The van der Waals surface area contributed by atoms with Gasteiger partial charge in [-0.15, -0.1) is 0 Å². The van der Waals surface area contributed by atoms with E-state index in [0.717, 1.165) is 12.8 Å². The number of fused-ring (bicyclic) bond motifs is 3. The minimum atomic E-state index is -1.38. The molecule has 0 unspecified atom stereocenters. The molecular formula is C30H36Cl2FN5O4. The van der Waals surface area contributed by atoms with Crippen LogP contribution in [0.3, 0.4) is 0 Å². The normalized spacial score (nSPS) is 32.0. The van der Waals surface area contributed by atoms with Crippen molar-refractivity contribution in [2.45, 2.75) is 100 Å². The molecule has 3 aliphatic heterocycles. The number of pyridine rings is 2. The standard InChI is InChI=1S/C30H36Cl2FN5O4/c1-15(39)20-5-4-16(14-42-20)36-26(40)24-22(17-6-11-34-25(32)23(17)33)30(29(38-24)9-7-28(2,3)8-10-29)18-13-35-21(31)12-19(18)37-27(30)41/h6,11-13,15-16,20,22,24,38-39H,4-5,7-10,14H2,1-3H3,(H,36,40)(H,37,41)/t15-,16-,20+,22+,24-,30-/m1/s1. The fourth-order valence-corrected chi connectivity index (χ4v) is 8.09. The minimum Gasteiger partial charge on any atom is -0.391 e. The number of carbonyl (C=O) groups excluding carboxylic acids is 2. The van der Waals surface area contributed by atoms with Gasteiger partial charge in [0.1, 0.15) is 10.6 Å². The van der Waals surface area contributed by atoms with Gasteiger partial charge in [-0.3, -0.25) is 14.9 Å². The molecule has 0 radical (unpaired) electrons. The molecule has 226 valence electrons. The van der Waals surface area contributed by atoms with E-state index in [1.165, 1.54) is 12.3 Å². The molecule has 2 aromatic heterocycles. The van der Waals surface area contributed by atoms with Crippen LogP contribution in [0.4, 0.5) is 10.1 Å². The predicted molar refractivity (Wildman–Crippen MR) is 156 cm³/mol. The smallest absolute Gasteiger partial charge is 0.238 e. The van der Waals surface area contributed by atoms with Crippen LogP contribution in [-0.4, -0.2) is 63.3 Å². The Kier molecular flexibility index (Phi) is 7.54. The molecule has 3 fully saturated rings. The van der Waals surface area contributed by atoms with E-state index in [-0.39, 0.29) is 51.9 Å². The number of aromatic nitrogens is 2. The molecule has 1 saturated carbocycles. The first-order valence-corrected chi connectivity index (χ1v) is 15.3. The summed E-state index contributed by atoms with van der Waals surface area (Å²) in [5.41, 5.74) is -1.02. The first-order chi connectivity index (χ1) is 19.9. The maximum atomic E-state index is 16.0. The van der Waals surface area contributed by atoms with Crippen LogP contribution in [0.2, 0.25) is 10.3 Å². The van der Waals surface area contributed by atoms with E-state index in [0.29, 0.717) is 36.9 Å². The first-order valence-electron chi connectivity index (χ1n) is 14.5. The lowest BCUT2D eigenvalue weighted by Gasteiger charge is -2.50. The monoisotopic (exact) mass is 619 g/mol. The molecule has 2 saturated heterocycles. The number of carbonyl (C=O) groups is 2. The van der Waals surface area contributed by atoms with E-state index in [4.69, 9.17) is 27.9 Å². The molecule has 6 rings (SSSR count). The fourth-order valence-electron chi connectivity index (χ4n) is 7.77. The van der Waals surface area contributed by atoms with Gasteiger partial charge in [0.15, 0.2) is 11.0 Å². The van der Waals surface area contributed by atoms with Crippen LogP contribution >= 0.6 is 23.2 Å². The summed E-state index contributed by atoms with van der Waals surface area (Å²) in [6.07, 6.45) is 6.03. The van der Waals surface area contributed by atoms with Gasteiger partial charge >= 0.3 is 0 Å². The molecule has 6 atom stereocenters. The van der Waals surface area contributed by atoms with Crippen LogP contribution in [0.15, 0.2) is 24.5 Å². The number of ether oxygens (including phenoxy) is 1. The molecule has 0 aromatic carbocycles. The summed E-state index contributed by atoms with van der Waals surface area (Å²) in [6, 6.07) is 1.82. The van der Waals surface area contributed by atoms with Gasteiger partial charge in [0, 0.05) is 35.1 Å². The number of aliphatic hydroxyl groups is 1. The molecule has 4 aliphatic rings. The minimum absolute atomic E-state index is 0.0329. The van der Waals surface area contributed by atoms with E-state index in [2.05, 4.69) is 39.8 Å². The Hall–Kier alpha value is -2.37. The van der Waals surface area contributed by atoms with Gasteiger partial charge in [0.05, 0.1) is 30.9 Å². The number of nitrogens with zero attached hydrogens (tertiary/aromatic N) is 2. The number of amides is 2. The highest BCUT2D eigenvalue weighted by atomic mass is 35.5. The number of anilines is 1. The predicted octanol–water partition coefficient (Wildman–Crippen LogP) is 4.25. The Balaban J connectivity index is 1.49. The van der Waals surface area contributed by atoms with Crippen LogP contribution in [0.1, 0.15) is 76.3 Å². The Morgan fingerprint density at radius 3 is 2.62 bits per heavy atom. The zero-order valence-corrected chi connectivity index (χ0v) is 25.4. The maximum absolute atomic E-state index is 16.0. The van der Waals surface area contributed by atoms with Gasteiger partial charge in [-0.25, -0.2) is 14.4 Å². The molecule has 4 N–H and O–H groups in total. The highest BCUT2D eigenvalue weighted by molar-refractivity contribution is 6.30. The van der Waals surface area contributed by atoms with Crippen molar-refractivity contribution in [2.75, 3.05) is 11.9 Å². The Morgan fingerprint density at radius 2 is 1.95 bits per heavy atom. The van der Waals surface area contributed by atoms with Gasteiger partial charge in [-0.2, -0.15) is 0 Å². The molecule has 2 amide bonds. The van der Waals surface area contributed by atoms with Crippen molar-refractivity contribution in [3.8, 4) is 0 Å². The highest BCUT2D eigenvalue weighted by Gasteiger charge is 2.73. The second kappa shape index (κ2) is 10.7. The largest absolute Gasteiger partial charge is 0.391 e. The van der Waals surface area contributed by atoms with Crippen LogP contribution in [0, 0.1) is 11.2 Å². The van der Waals surface area contributed by atoms with Gasteiger partial charge in [-0.05, 0) is 68.6 Å². The average Bonchev–Trinajstić information content (AvgIpc) is 3.40. The SMILES string of the molecule is C[C@@H](O)[C@@H]1CC[C@@H](NC(=O)[C@@H]2NC3(CCC(C)(C)CC3)[C@@]3(C(=O)Nc4cc(Cl)ncc43)[C@H]2c2ccnc(Cl)c2F)CO1. The fraction of sp³-hybridized carbons (Fsp3) is 0.600. The number of halogens is 3. The summed E-state index contributed by atoms with van der Waals surface area (Å²) in [4.78, 5) is 37.0. The van der Waals surface area contributed by atoms with Crippen molar-refractivity contribution in [3.05, 3.63) is 51.8 Å². The van der Waals surface area contributed by atoms with Crippen LogP contribution in [0.25, 0.3) is 0 Å². The molecule has 9 nitrogen and oxygen atoms in total. The average molecular weight is 621 g/mol. The number of rotatable bonds is 4. The van der Waals surface area contributed by atoms with Crippen LogP contribution < -0.4 is 16.0 Å². The van der Waals surface area contributed by atoms with Gasteiger partial charge < -0.3 is 20.5 Å². The topological polar surface area (TPSA) is 125 Å². The van der Waals surface area contributed by atoms with Crippen molar-refractivity contribution in [1.29, 1.82) is 0 Å². The van der Waals surface area contributed by atoms with Gasteiger partial charge in [-0.1, -0.05) is 37.0 Å². The summed E-state index contributed by atoms with van der Waals surface area (Å²) in [5.74, 6) is -2.43. The molecule has 0 bridgehead atoms. The quantitative estimate of drug-likeness (QED) is 0.377. The Bertz CT molecular complexity index is 1410. The molecule has 5 heterocycles. The lowest BCUT2D eigenvalue weighted by Crippen LogP contribution is -2.61. The van der Waals surface area contributed by atoms with Crippen LogP contribution in [0.5, 0.6) is 0 Å². The zero-order chi connectivity index (χ0) is 30.0. The van der Waals surface area contributed by atoms with Crippen LogP contribution in [-0.2, 0) is 19.7 Å². The summed E-state index contributed by atoms with van der Waals surface area (Å²) >= 11 is 12.4. The van der Waals surface area contributed by atoms with Crippen molar-refractivity contribution in [2.24, 2.45) is 5.41 Å². The van der Waals surface area contributed by atoms with Gasteiger partial charge in [0.25, 0.3) is 0 Å². The summed E-state index contributed by atoms with van der Waals surface area (Å²) in [6.45, 7) is 6.31. The number of nitrogens with one attached hydrogen (secondary N) is 3. The number of hydrogen-bond donors (Lipinski definition) is 4. The lowest BCUT2D eigenvalue weighted by molar-refractivity contribution is -0.126. The molecule has 12 heteroatoms. The molecule has 1 aliphatic carbocycles. The van der Waals surface area contributed by atoms with E-state index in [9.17, 15) is 14.7 Å². The third-order valence-corrected chi connectivity index (χ3v) is 10.5. The molecular weight excluding hydrogens is 584 g/mol. The lowest BCUT2D eigenvalue weighted by atomic mass is 9.53. The van der Waals surface area contributed by atoms with Gasteiger partial charge in [0.2, 0.25) is 11.8 Å². The summed E-state index contributed by atoms with van der Waals surface area (Å²) in [5, 5.41) is 19.5. The van der Waals surface area contributed by atoms with E-state index in [1.54, 1.807) is 19.2 Å². The van der Waals surface area contributed by atoms with Crippen molar-refractivity contribution in [3.63, 3.8) is 0 Å². The van der Waals surface area contributed by atoms with E-state index < -0.39 is 34.8 Å². The second-order valence-electron chi connectivity index (χ2n) is 13.1. The third kappa shape index (κ3) is 4.61. The first kappa shape index (κ1) is 29.7. The Labute approximate surface area is 254 Å². The zero-order valence-electron chi connectivity index (χ0n) is 23.8. The number of aliphatic hydroxyl groups excluding tert-OH is 1. The Morgan fingerprint density at radius 1 is 1.21 bits per heavy atom. The van der Waals surface area contributed by atoms with Crippen molar-refractivity contribution in [1.82, 2.24) is 20.6 Å². The summed E-state index contributed by atoms with van der Waals surface area (Å²) < 4.78 is 21.8. The third-order valence-electron chi connectivity index (χ3n) is 10.0. The van der Waals surface area contributed by atoms with E-state index in [1.807, 2.05) is 0 Å². The molecule has 2 spiro atoms. The van der Waals surface area contributed by atoms with E-state index >= 15 is 4.39 Å². The number of hydrogen-bond acceptors (Lipinski definition) is 7. The highest BCUT2D eigenvalue weighted by Crippen LogP contribution is 2.63. The molecule has 42 heavy (non-hydrogen) atoms. The van der Waals surface area contributed by atoms with Crippen molar-refractivity contribution >= 4 is 40.7 Å². The maximum Gasteiger partial charge on any atom is 0.238 e. The summed E-state index contributed by atoms with van der Waals surface area (Å²) in [7, 11) is 0. The second-order valence-corrected chi connectivity index (χ2v) is 13.8. The molecule has 2 aromatic rings. The van der Waals surface area contributed by atoms with Crippen molar-refractivity contribution < 1.29 is 23.8 Å².